The number of aromatic nitrogens is 4. The van der Waals surface area contributed by atoms with E-state index in [1.165, 1.54) is 25.1 Å². The van der Waals surface area contributed by atoms with Gasteiger partial charge in [-0.15, -0.1) is 0 Å². The predicted octanol–water partition coefficient (Wildman–Crippen LogP) is 2.77. The van der Waals surface area contributed by atoms with Gasteiger partial charge in [-0.3, -0.25) is 19.1 Å². The number of alkyl halides is 3. The Kier molecular flexibility index (Phi) is 5.22. The zero-order valence-electron chi connectivity index (χ0n) is 18.8. The summed E-state index contributed by atoms with van der Waals surface area (Å²) >= 11 is 0. The lowest BCUT2D eigenvalue weighted by Crippen LogP contribution is -2.35. The summed E-state index contributed by atoms with van der Waals surface area (Å²) in [6.07, 6.45) is -4.23. The molecule has 0 amide bonds. The Morgan fingerprint density at radius 1 is 1.14 bits per heavy atom. The third-order valence-electron chi connectivity index (χ3n) is 5.96. The van der Waals surface area contributed by atoms with E-state index in [-0.39, 0.29) is 33.2 Å². The standard InChI is InChI=1S/C25H14F3N5O4/c1-12-15(22(34)32-19-8-3-2-7-18(19)30-21(32)17(12)11-29)10-16-20(25(26,27)28)31-33(23(16)35)14-6-4-5-13(9-14)24(36)37/h2-10,31H,1H3,(H,36,37). The van der Waals surface area contributed by atoms with Crippen LogP contribution in [0.2, 0.25) is 0 Å². The first-order valence-corrected chi connectivity index (χ1v) is 10.6. The van der Waals surface area contributed by atoms with Gasteiger partial charge in [0, 0.05) is 5.22 Å². The largest absolute Gasteiger partial charge is 0.478 e. The SMILES string of the molecule is Cc1c(C#N)c2nc3ccccc3n2c(=O)c1=Cc1c(C(F)(F)F)[nH]n(-c2cccc(C(=O)O)c2)c1=O. The number of nitriles is 1. The van der Waals surface area contributed by atoms with Crippen LogP contribution in [0.4, 0.5) is 13.2 Å². The second-order valence-corrected chi connectivity index (χ2v) is 8.13. The highest BCUT2D eigenvalue weighted by Crippen LogP contribution is 2.30. The fourth-order valence-corrected chi connectivity index (χ4v) is 4.19. The van der Waals surface area contributed by atoms with Crippen LogP contribution in [0.15, 0.2) is 58.1 Å². The first-order valence-electron chi connectivity index (χ1n) is 10.6. The number of aromatic amines is 1. The smallest absolute Gasteiger partial charge is 0.433 e. The summed E-state index contributed by atoms with van der Waals surface area (Å²) in [6, 6.07) is 13.3. The molecule has 3 aromatic heterocycles. The molecule has 0 aliphatic carbocycles. The number of fused-ring (bicyclic) bond motifs is 3. The molecule has 0 saturated carbocycles. The van der Waals surface area contributed by atoms with Gasteiger partial charge in [0.25, 0.3) is 11.1 Å². The van der Waals surface area contributed by atoms with Gasteiger partial charge in [-0.2, -0.15) is 18.4 Å². The fraction of sp³-hybridized carbons (Fsp3) is 0.0800. The van der Waals surface area contributed by atoms with Crippen LogP contribution >= 0.6 is 0 Å². The van der Waals surface area contributed by atoms with Crippen LogP contribution in [0.25, 0.3) is 28.4 Å². The minimum absolute atomic E-state index is 0.0272. The zero-order valence-corrected chi connectivity index (χ0v) is 18.8. The molecule has 0 aliphatic heterocycles. The molecule has 0 fully saturated rings. The number of benzene rings is 2. The third kappa shape index (κ3) is 3.64. The number of hydrogen-bond acceptors (Lipinski definition) is 5. The Morgan fingerprint density at radius 3 is 2.54 bits per heavy atom. The highest BCUT2D eigenvalue weighted by atomic mass is 19.4. The number of H-pyrrole nitrogens is 1. The maximum Gasteiger partial charge on any atom is 0.433 e. The summed E-state index contributed by atoms with van der Waals surface area (Å²) in [5.41, 5.74) is -3.79. The van der Waals surface area contributed by atoms with Gasteiger partial charge in [-0.1, -0.05) is 18.2 Å². The van der Waals surface area contributed by atoms with E-state index >= 15 is 0 Å². The van der Waals surface area contributed by atoms with Crippen molar-refractivity contribution >= 4 is 28.7 Å². The molecular weight excluding hydrogens is 491 g/mol. The van der Waals surface area contributed by atoms with E-state index in [4.69, 9.17) is 0 Å². The molecule has 2 N–H and O–H groups in total. The van der Waals surface area contributed by atoms with Gasteiger partial charge in [-0.05, 0) is 48.9 Å². The number of para-hydroxylation sites is 2. The first-order chi connectivity index (χ1) is 17.5. The number of rotatable bonds is 3. The molecule has 2 aromatic carbocycles. The third-order valence-corrected chi connectivity index (χ3v) is 5.96. The van der Waals surface area contributed by atoms with Crippen LogP contribution < -0.4 is 16.3 Å². The average molecular weight is 505 g/mol. The molecule has 0 bridgehead atoms. The first kappa shape index (κ1) is 23.6. The van der Waals surface area contributed by atoms with Crippen molar-refractivity contribution in [2.75, 3.05) is 0 Å². The number of carbonyl (C=O) groups is 1. The molecule has 9 nitrogen and oxygen atoms in total. The Balaban J connectivity index is 1.89. The van der Waals surface area contributed by atoms with Gasteiger partial charge in [0.05, 0.1) is 33.4 Å². The van der Waals surface area contributed by atoms with E-state index in [1.807, 2.05) is 11.2 Å². The molecule has 37 heavy (non-hydrogen) atoms. The maximum atomic E-state index is 14.0. The number of carboxylic acid groups (broad SMARTS) is 1. The van der Waals surface area contributed by atoms with Gasteiger partial charge >= 0.3 is 12.1 Å². The number of imidazole rings is 1. The number of pyridine rings is 1. The normalized spacial score (nSPS) is 12.4. The number of nitrogens with one attached hydrogen (secondary N) is 1. The van der Waals surface area contributed by atoms with Crippen molar-refractivity contribution in [3.05, 3.63) is 102 Å². The Morgan fingerprint density at radius 2 is 1.86 bits per heavy atom. The van der Waals surface area contributed by atoms with Gasteiger partial charge in [0.15, 0.2) is 5.65 Å². The number of aromatic carboxylic acids is 1. The number of nitrogens with zero attached hydrogens (tertiary/aromatic N) is 4. The molecule has 0 spiro atoms. The minimum atomic E-state index is -5.03. The van der Waals surface area contributed by atoms with Crippen LogP contribution in [0.1, 0.15) is 32.7 Å². The fourth-order valence-electron chi connectivity index (χ4n) is 4.19. The molecule has 0 atom stereocenters. The van der Waals surface area contributed by atoms with Gasteiger partial charge in [-0.25, -0.2) is 14.5 Å². The van der Waals surface area contributed by atoms with Crippen LogP contribution in [0.5, 0.6) is 0 Å². The highest BCUT2D eigenvalue weighted by Gasteiger charge is 2.37. The summed E-state index contributed by atoms with van der Waals surface area (Å²) < 4.78 is 43.6. The highest BCUT2D eigenvalue weighted by molar-refractivity contribution is 5.88. The summed E-state index contributed by atoms with van der Waals surface area (Å²) in [7, 11) is 0. The average Bonchev–Trinajstić information content (AvgIpc) is 3.40. The molecular formula is C25H14F3N5O4. The van der Waals surface area contributed by atoms with E-state index in [0.717, 1.165) is 16.5 Å². The van der Waals surface area contributed by atoms with Gasteiger partial charge in [0.1, 0.15) is 11.8 Å². The summed E-state index contributed by atoms with van der Waals surface area (Å²) in [6.45, 7) is 1.39. The van der Waals surface area contributed by atoms with E-state index in [9.17, 15) is 37.9 Å². The lowest BCUT2D eigenvalue weighted by molar-refractivity contribution is -0.141. The molecule has 184 valence electrons. The summed E-state index contributed by atoms with van der Waals surface area (Å²) in [5, 5.41) is 20.7. The lowest BCUT2D eigenvalue weighted by atomic mass is 10.1. The van der Waals surface area contributed by atoms with Crippen LogP contribution in [-0.4, -0.2) is 30.2 Å². The predicted molar refractivity (Wildman–Crippen MR) is 126 cm³/mol. The molecule has 0 saturated heterocycles. The van der Waals surface area contributed by atoms with Crippen molar-refractivity contribution in [1.82, 2.24) is 19.2 Å². The summed E-state index contributed by atoms with van der Waals surface area (Å²) in [5.74, 6) is -1.33. The number of carboxylic acids is 1. The van der Waals surface area contributed by atoms with Gasteiger partial charge < -0.3 is 5.11 Å². The topological polar surface area (TPSA) is 133 Å². The van der Waals surface area contributed by atoms with Gasteiger partial charge in [0.2, 0.25) is 0 Å². The van der Waals surface area contributed by atoms with E-state index in [1.54, 1.807) is 24.3 Å². The zero-order chi connectivity index (χ0) is 26.6. The molecule has 5 rings (SSSR count). The van der Waals surface area contributed by atoms with Crippen molar-refractivity contribution in [3.63, 3.8) is 0 Å². The van der Waals surface area contributed by atoms with Crippen LogP contribution in [0, 0.1) is 18.3 Å². The molecule has 0 aliphatic rings. The Hall–Kier alpha value is -5.18. The molecule has 0 radical (unpaired) electrons. The second kappa shape index (κ2) is 8.20. The van der Waals surface area contributed by atoms with E-state index in [0.29, 0.717) is 15.7 Å². The molecule has 5 aromatic rings. The Bertz CT molecular complexity index is 1980. The second-order valence-electron chi connectivity index (χ2n) is 8.13. The monoisotopic (exact) mass is 505 g/mol. The van der Waals surface area contributed by atoms with Crippen molar-refractivity contribution in [1.29, 1.82) is 5.26 Å². The molecule has 0 unspecified atom stereocenters. The van der Waals surface area contributed by atoms with Crippen molar-refractivity contribution in [3.8, 4) is 11.8 Å². The number of halogens is 3. The van der Waals surface area contributed by atoms with Crippen molar-refractivity contribution < 1.29 is 23.1 Å². The van der Waals surface area contributed by atoms with Crippen LogP contribution in [0.3, 0.4) is 0 Å². The number of hydrogen-bond donors (Lipinski definition) is 2. The molecule has 3 heterocycles. The Labute approximate surface area is 203 Å². The lowest BCUT2D eigenvalue weighted by Gasteiger charge is -2.06. The quantitative estimate of drug-likeness (QED) is 0.388. The van der Waals surface area contributed by atoms with Crippen LogP contribution in [-0.2, 0) is 6.18 Å². The maximum absolute atomic E-state index is 14.0. The molecule has 12 heteroatoms. The summed E-state index contributed by atoms with van der Waals surface area (Å²) in [4.78, 5) is 42.3. The van der Waals surface area contributed by atoms with Crippen molar-refractivity contribution in [2.24, 2.45) is 0 Å². The van der Waals surface area contributed by atoms with E-state index < -0.39 is 34.5 Å². The minimum Gasteiger partial charge on any atom is -0.478 e. The van der Waals surface area contributed by atoms with Crippen molar-refractivity contribution in [2.45, 2.75) is 13.1 Å². The van der Waals surface area contributed by atoms with E-state index in [2.05, 4.69) is 4.98 Å².